The van der Waals surface area contributed by atoms with Gasteiger partial charge < -0.3 is 14.8 Å². The first kappa shape index (κ1) is 15.4. The van der Waals surface area contributed by atoms with Gasteiger partial charge in [-0.15, -0.1) is 0 Å². The summed E-state index contributed by atoms with van der Waals surface area (Å²) in [6.45, 7) is 3.72. The maximum absolute atomic E-state index is 12.0. The molecule has 0 amide bonds. The normalized spacial score (nSPS) is 27.4. The van der Waals surface area contributed by atoms with E-state index in [0.29, 0.717) is 5.92 Å². The second-order valence-electron chi connectivity index (χ2n) is 5.06. The van der Waals surface area contributed by atoms with E-state index in [2.05, 4.69) is 12.2 Å². The zero-order chi connectivity index (χ0) is 13.4. The van der Waals surface area contributed by atoms with Crippen LogP contribution in [0, 0.1) is 5.92 Å². The van der Waals surface area contributed by atoms with Gasteiger partial charge >= 0.3 is 5.97 Å². The smallest absolute Gasteiger partial charge is 0.326 e. The molecule has 1 saturated carbocycles. The van der Waals surface area contributed by atoms with E-state index in [1.807, 2.05) is 7.05 Å². The zero-order valence-corrected chi connectivity index (χ0v) is 12.0. The Morgan fingerprint density at radius 1 is 1.44 bits per heavy atom. The topological polar surface area (TPSA) is 47.6 Å². The monoisotopic (exact) mass is 257 g/mol. The van der Waals surface area contributed by atoms with E-state index < -0.39 is 5.54 Å². The largest absolute Gasteiger partial charge is 0.468 e. The van der Waals surface area contributed by atoms with Gasteiger partial charge in [0.2, 0.25) is 0 Å². The van der Waals surface area contributed by atoms with Gasteiger partial charge in [0.05, 0.1) is 7.11 Å². The fraction of sp³-hybridized carbons (Fsp3) is 0.929. The van der Waals surface area contributed by atoms with Crippen molar-refractivity contribution in [1.82, 2.24) is 5.32 Å². The van der Waals surface area contributed by atoms with Crippen LogP contribution < -0.4 is 5.32 Å². The molecular formula is C14H27NO3. The highest BCUT2D eigenvalue weighted by Gasteiger charge is 2.48. The Bertz CT molecular complexity index is 257. The molecule has 0 spiro atoms. The highest BCUT2D eigenvalue weighted by molar-refractivity contribution is 5.81. The van der Waals surface area contributed by atoms with E-state index in [1.54, 1.807) is 0 Å². The first-order chi connectivity index (χ1) is 8.71. The van der Waals surface area contributed by atoms with Crippen LogP contribution in [-0.4, -0.2) is 38.9 Å². The first-order valence-electron chi connectivity index (χ1n) is 7.06. The molecule has 0 heterocycles. The Balaban J connectivity index is 2.45. The van der Waals surface area contributed by atoms with Gasteiger partial charge in [0.1, 0.15) is 5.54 Å². The number of unbranched alkanes of at least 4 members (excludes halogenated alkanes) is 1. The molecule has 1 rings (SSSR count). The summed E-state index contributed by atoms with van der Waals surface area (Å²) in [4.78, 5) is 12.0. The molecule has 2 atom stereocenters. The fourth-order valence-corrected chi connectivity index (χ4v) is 2.92. The predicted octanol–water partition coefficient (Wildman–Crippen LogP) is 2.12. The van der Waals surface area contributed by atoms with Gasteiger partial charge in [-0.1, -0.05) is 19.8 Å². The number of hydrogen-bond acceptors (Lipinski definition) is 4. The highest BCUT2D eigenvalue weighted by Crippen LogP contribution is 2.38. The summed E-state index contributed by atoms with van der Waals surface area (Å²) in [6, 6.07) is 0. The second kappa shape index (κ2) is 7.74. The van der Waals surface area contributed by atoms with E-state index in [-0.39, 0.29) is 5.97 Å². The van der Waals surface area contributed by atoms with Crippen LogP contribution in [0.25, 0.3) is 0 Å². The van der Waals surface area contributed by atoms with Crippen LogP contribution in [0.15, 0.2) is 0 Å². The number of rotatable bonds is 8. The Hall–Kier alpha value is -0.610. The molecule has 0 radical (unpaired) electrons. The first-order valence-corrected chi connectivity index (χ1v) is 7.06. The SMILES string of the molecule is CCCCOCCC1CCCC1(NC)C(=O)OC. The van der Waals surface area contributed by atoms with Gasteiger partial charge in [0.15, 0.2) is 0 Å². The molecule has 2 unspecified atom stereocenters. The van der Waals surface area contributed by atoms with Crippen molar-refractivity contribution in [3.05, 3.63) is 0 Å². The number of ether oxygens (including phenoxy) is 2. The minimum absolute atomic E-state index is 0.124. The number of esters is 1. The summed E-state index contributed by atoms with van der Waals surface area (Å²) in [7, 11) is 3.32. The van der Waals surface area contributed by atoms with Crippen LogP contribution in [0.4, 0.5) is 0 Å². The average molecular weight is 257 g/mol. The van der Waals surface area contributed by atoms with Crippen molar-refractivity contribution < 1.29 is 14.3 Å². The summed E-state index contributed by atoms with van der Waals surface area (Å²) in [5.74, 6) is 0.206. The van der Waals surface area contributed by atoms with Crippen molar-refractivity contribution in [1.29, 1.82) is 0 Å². The molecule has 1 aliphatic rings. The lowest BCUT2D eigenvalue weighted by atomic mass is 9.85. The van der Waals surface area contributed by atoms with Crippen LogP contribution in [0.1, 0.15) is 45.4 Å². The van der Waals surface area contributed by atoms with E-state index in [9.17, 15) is 4.79 Å². The molecule has 0 aromatic carbocycles. The lowest BCUT2D eigenvalue weighted by molar-refractivity contribution is -0.150. The number of carbonyl (C=O) groups is 1. The van der Waals surface area contributed by atoms with Gasteiger partial charge in [-0.25, -0.2) is 0 Å². The lowest BCUT2D eigenvalue weighted by Crippen LogP contribution is -2.54. The molecule has 1 fully saturated rings. The van der Waals surface area contributed by atoms with Crippen LogP contribution in [-0.2, 0) is 14.3 Å². The Morgan fingerprint density at radius 2 is 2.22 bits per heavy atom. The molecule has 4 nitrogen and oxygen atoms in total. The van der Waals surface area contributed by atoms with Crippen LogP contribution in [0.2, 0.25) is 0 Å². The lowest BCUT2D eigenvalue weighted by Gasteiger charge is -2.32. The molecule has 0 bridgehead atoms. The number of hydrogen-bond donors (Lipinski definition) is 1. The van der Waals surface area contributed by atoms with Crippen molar-refractivity contribution in [2.75, 3.05) is 27.4 Å². The molecule has 0 aromatic heterocycles. The van der Waals surface area contributed by atoms with Gasteiger partial charge in [-0.05, 0) is 38.6 Å². The highest BCUT2D eigenvalue weighted by atomic mass is 16.5. The molecule has 1 aliphatic carbocycles. The third kappa shape index (κ3) is 3.45. The maximum atomic E-state index is 12.0. The van der Waals surface area contributed by atoms with Crippen molar-refractivity contribution in [2.24, 2.45) is 5.92 Å². The molecular weight excluding hydrogens is 230 g/mol. The molecule has 0 aliphatic heterocycles. The molecule has 18 heavy (non-hydrogen) atoms. The summed E-state index contributed by atoms with van der Waals surface area (Å²) < 4.78 is 10.6. The third-order valence-corrected chi connectivity index (χ3v) is 4.07. The van der Waals surface area contributed by atoms with E-state index in [1.165, 1.54) is 7.11 Å². The molecule has 4 heteroatoms. The molecule has 1 N–H and O–H groups in total. The summed E-state index contributed by atoms with van der Waals surface area (Å²) in [5, 5.41) is 3.20. The minimum Gasteiger partial charge on any atom is -0.468 e. The number of likely N-dealkylation sites (N-methyl/N-ethyl adjacent to an activating group) is 1. The van der Waals surface area contributed by atoms with Crippen molar-refractivity contribution in [2.45, 2.75) is 51.0 Å². The summed E-state index contributed by atoms with van der Waals surface area (Å²) >= 11 is 0. The van der Waals surface area contributed by atoms with Crippen LogP contribution in [0.3, 0.4) is 0 Å². The fourth-order valence-electron chi connectivity index (χ4n) is 2.92. The minimum atomic E-state index is -0.483. The second-order valence-corrected chi connectivity index (χ2v) is 5.06. The molecule has 0 saturated heterocycles. The van der Waals surface area contributed by atoms with Crippen LogP contribution in [0.5, 0.6) is 0 Å². The quantitative estimate of drug-likeness (QED) is 0.534. The Kier molecular flexibility index (Phi) is 6.65. The maximum Gasteiger partial charge on any atom is 0.326 e. The summed E-state index contributed by atoms with van der Waals surface area (Å²) in [5.41, 5.74) is -0.483. The predicted molar refractivity (Wildman–Crippen MR) is 71.5 cm³/mol. The van der Waals surface area contributed by atoms with E-state index in [0.717, 1.165) is 51.7 Å². The molecule has 0 aromatic rings. The average Bonchev–Trinajstić information content (AvgIpc) is 2.81. The van der Waals surface area contributed by atoms with Gasteiger partial charge in [-0.2, -0.15) is 0 Å². The van der Waals surface area contributed by atoms with Crippen molar-refractivity contribution in [3.63, 3.8) is 0 Å². The van der Waals surface area contributed by atoms with Crippen LogP contribution >= 0.6 is 0 Å². The van der Waals surface area contributed by atoms with Crippen molar-refractivity contribution in [3.8, 4) is 0 Å². The van der Waals surface area contributed by atoms with Gasteiger partial charge in [-0.3, -0.25) is 4.79 Å². The van der Waals surface area contributed by atoms with E-state index >= 15 is 0 Å². The number of methoxy groups -OCH3 is 1. The Labute approximate surface area is 110 Å². The van der Waals surface area contributed by atoms with E-state index in [4.69, 9.17) is 9.47 Å². The third-order valence-electron chi connectivity index (χ3n) is 4.07. The standard InChI is InChI=1S/C14H27NO3/c1-4-5-10-18-11-8-12-7-6-9-14(12,15-2)13(16)17-3/h12,15H,4-11H2,1-3H3. The zero-order valence-electron chi connectivity index (χ0n) is 12.0. The van der Waals surface area contributed by atoms with Gasteiger partial charge in [0.25, 0.3) is 0 Å². The Morgan fingerprint density at radius 3 is 2.83 bits per heavy atom. The molecule has 106 valence electrons. The van der Waals surface area contributed by atoms with Gasteiger partial charge in [0, 0.05) is 13.2 Å². The van der Waals surface area contributed by atoms with Crippen molar-refractivity contribution >= 4 is 5.97 Å². The number of carbonyl (C=O) groups excluding carboxylic acids is 1. The summed E-state index contributed by atoms with van der Waals surface area (Å²) in [6.07, 6.45) is 6.23. The number of nitrogens with one attached hydrogen (secondary N) is 1.